The Balaban J connectivity index is 2.24. The summed E-state index contributed by atoms with van der Waals surface area (Å²) in [5.41, 5.74) is 0. The Morgan fingerprint density at radius 3 is 2.56 bits per heavy atom. The van der Waals surface area contributed by atoms with E-state index in [0.29, 0.717) is 6.04 Å². The van der Waals surface area contributed by atoms with Crippen LogP contribution >= 0.6 is 12.2 Å². The number of nitrogens with one attached hydrogen (secondary N) is 1. The summed E-state index contributed by atoms with van der Waals surface area (Å²) < 4.78 is 2.83. The lowest BCUT2D eigenvalue weighted by molar-refractivity contribution is 0.427. The molecule has 0 aromatic carbocycles. The number of aromatic nitrogens is 3. The first-order valence-corrected chi connectivity index (χ1v) is 6.42. The third-order valence-electron chi connectivity index (χ3n) is 3.27. The van der Waals surface area contributed by atoms with E-state index in [-0.39, 0.29) is 0 Å². The van der Waals surface area contributed by atoms with Gasteiger partial charge < -0.3 is 4.90 Å². The van der Waals surface area contributed by atoms with Crippen molar-refractivity contribution >= 4 is 18.2 Å². The van der Waals surface area contributed by atoms with Gasteiger partial charge in [0.15, 0.2) is 4.77 Å². The molecule has 0 amide bonds. The summed E-state index contributed by atoms with van der Waals surface area (Å²) in [5.74, 6) is 1.84. The summed E-state index contributed by atoms with van der Waals surface area (Å²) in [6.07, 6.45) is 2.50. The number of hydrogen-bond acceptors (Lipinski definition) is 3. The van der Waals surface area contributed by atoms with Crippen LogP contribution in [0.2, 0.25) is 0 Å². The van der Waals surface area contributed by atoms with E-state index in [1.807, 2.05) is 0 Å². The van der Waals surface area contributed by atoms with Crippen LogP contribution in [0.1, 0.15) is 39.7 Å². The summed E-state index contributed by atoms with van der Waals surface area (Å²) in [6, 6.07) is 0.362. The number of H-pyrrole nitrogens is 1. The molecular weight excluding hydrogens is 220 g/mol. The van der Waals surface area contributed by atoms with Gasteiger partial charge in [-0.1, -0.05) is 6.92 Å². The first kappa shape index (κ1) is 11.6. The third-order valence-corrected chi connectivity index (χ3v) is 3.56. The summed E-state index contributed by atoms with van der Waals surface area (Å²) >= 11 is 5.26. The van der Waals surface area contributed by atoms with Gasteiger partial charge >= 0.3 is 0 Å². The number of rotatable bonds is 2. The molecule has 0 atom stereocenters. The first-order chi connectivity index (χ1) is 7.59. The average molecular weight is 240 g/mol. The van der Waals surface area contributed by atoms with Crippen molar-refractivity contribution in [2.45, 2.75) is 39.7 Å². The monoisotopic (exact) mass is 240 g/mol. The second-order valence-electron chi connectivity index (χ2n) is 4.96. The lowest BCUT2D eigenvalue weighted by Crippen LogP contribution is -2.35. The molecule has 16 heavy (non-hydrogen) atoms. The van der Waals surface area contributed by atoms with E-state index in [0.717, 1.165) is 29.7 Å². The zero-order chi connectivity index (χ0) is 11.7. The summed E-state index contributed by atoms with van der Waals surface area (Å²) in [7, 11) is 0. The molecule has 1 aromatic heterocycles. The average Bonchev–Trinajstić information content (AvgIpc) is 2.61. The summed E-state index contributed by atoms with van der Waals surface area (Å²) in [5, 5.41) is 7.26. The molecule has 90 valence electrons. The summed E-state index contributed by atoms with van der Waals surface area (Å²) in [4.78, 5) is 2.34. The predicted molar refractivity (Wildman–Crippen MR) is 68.4 cm³/mol. The minimum atomic E-state index is 0.362. The number of piperidine rings is 1. The van der Waals surface area contributed by atoms with Gasteiger partial charge in [0.2, 0.25) is 5.95 Å². The minimum absolute atomic E-state index is 0.362. The van der Waals surface area contributed by atoms with Crippen molar-refractivity contribution in [3.05, 3.63) is 4.77 Å². The SMILES string of the molecule is CC1CCN(c2n[nH]c(=S)n2C(C)C)CC1. The van der Waals surface area contributed by atoms with E-state index < -0.39 is 0 Å². The number of anilines is 1. The Kier molecular flexibility index (Phi) is 3.33. The molecule has 1 aromatic rings. The molecule has 5 heteroatoms. The van der Waals surface area contributed by atoms with E-state index in [1.54, 1.807) is 0 Å². The highest BCUT2D eigenvalue weighted by molar-refractivity contribution is 7.71. The predicted octanol–water partition coefficient (Wildman–Crippen LogP) is 2.76. The molecule has 1 N–H and O–H groups in total. The van der Waals surface area contributed by atoms with Crippen LogP contribution in [0.15, 0.2) is 0 Å². The van der Waals surface area contributed by atoms with Crippen LogP contribution in [0.3, 0.4) is 0 Å². The fourth-order valence-corrected chi connectivity index (χ4v) is 2.53. The zero-order valence-corrected chi connectivity index (χ0v) is 11.0. The van der Waals surface area contributed by atoms with E-state index >= 15 is 0 Å². The minimum Gasteiger partial charge on any atom is -0.341 e. The molecule has 1 aliphatic heterocycles. The molecule has 1 saturated heterocycles. The molecule has 4 nitrogen and oxygen atoms in total. The van der Waals surface area contributed by atoms with Crippen molar-refractivity contribution in [2.24, 2.45) is 5.92 Å². The first-order valence-electron chi connectivity index (χ1n) is 6.01. The van der Waals surface area contributed by atoms with Crippen LogP contribution in [0.4, 0.5) is 5.95 Å². The van der Waals surface area contributed by atoms with Gasteiger partial charge in [0, 0.05) is 19.1 Å². The van der Waals surface area contributed by atoms with Crippen molar-refractivity contribution in [3.8, 4) is 0 Å². The fourth-order valence-electron chi connectivity index (χ4n) is 2.19. The second kappa shape index (κ2) is 4.57. The Morgan fingerprint density at radius 1 is 1.38 bits per heavy atom. The summed E-state index contributed by atoms with van der Waals surface area (Å²) in [6.45, 7) is 8.78. The van der Waals surface area contributed by atoms with Crippen LogP contribution in [0.5, 0.6) is 0 Å². The lowest BCUT2D eigenvalue weighted by atomic mass is 10.00. The van der Waals surface area contributed by atoms with Crippen molar-refractivity contribution in [1.29, 1.82) is 0 Å². The van der Waals surface area contributed by atoms with E-state index in [2.05, 4.69) is 40.4 Å². The van der Waals surface area contributed by atoms with Gasteiger partial charge in [0.1, 0.15) is 0 Å². The Bertz CT molecular complexity index is 398. The molecule has 2 heterocycles. The molecule has 1 fully saturated rings. The highest BCUT2D eigenvalue weighted by atomic mass is 32.1. The van der Waals surface area contributed by atoms with Gasteiger partial charge in [-0.15, -0.1) is 5.10 Å². The highest BCUT2D eigenvalue weighted by Crippen LogP contribution is 2.23. The molecule has 0 radical (unpaired) electrons. The molecule has 0 bridgehead atoms. The van der Waals surface area contributed by atoms with Crippen LogP contribution in [0, 0.1) is 10.7 Å². The van der Waals surface area contributed by atoms with E-state index in [4.69, 9.17) is 12.2 Å². The molecular formula is C11H20N4S. The van der Waals surface area contributed by atoms with Gasteiger partial charge in [-0.25, -0.2) is 5.10 Å². The molecule has 0 saturated carbocycles. The third kappa shape index (κ3) is 2.14. The van der Waals surface area contributed by atoms with Crippen molar-refractivity contribution in [1.82, 2.24) is 14.8 Å². The van der Waals surface area contributed by atoms with Gasteiger partial charge in [-0.3, -0.25) is 4.57 Å². The fraction of sp³-hybridized carbons (Fsp3) is 0.818. The molecule has 0 spiro atoms. The quantitative estimate of drug-likeness (QED) is 0.808. The van der Waals surface area contributed by atoms with Gasteiger partial charge in [-0.2, -0.15) is 0 Å². The smallest absolute Gasteiger partial charge is 0.225 e. The Labute approximate surface area is 102 Å². The van der Waals surface area contributed by atoms with E-state index in [1.165, 1.54) is 12.8 Å². The van der Waals surface area contributed by atoms with Gasteiger partial charge in [0.05, 0.1) is 0 Å². The van der Waals surface area contributed by atoms with Crippen LogP contribution in [-0.2, 0) is 0 Å². The van der Waals surface area contributed by atoms with Gasteiger partial charge in [0.25, 0.3) is 0 Å². The molecule has 2 rings (SSSR count). The molecule has 0 aliphatic carbocycles. The maximum atomic E-state index is 5.26. The maximum Gasteiger partial charge on any atom is 0.225 e. The maximum absolute atomic E-state index is 5.26. The topological polar surface area (TPSA) is 36.9 Å². The van der Waals surface area contributed by atoms with Crippen LogP contribution in [-0.4, -0.2) is 27.9 Å². The van der Waals surface area contributed by atoms with E-state index in [9.17, 15) is 0 Å². The van der Waals surface area contributed by atoms with Crippen molar-refractivity contribution < 1.29 is 0 Å². The van der Waals surface area contributed by atoms with Crippen molar-refractivity contribution in [2.75, 3.05) is 18.0 Å². The second-order valence-corrected chi connectivity index (χ2v) is 5.35. The van der Waals surface area contributed by atoms with Crippen LogP contribution in [0.25, 0.3) is 0 Å². The zero-order valence-electron chi connectivity index (χ0n) is 10.2. The number of aromatic amines is 1. The molecule has 0 unspecified atom stereocenters. The number of nitrogens with zero attached hydrogens (tertiary/aromatic N) is 3. The molecule has 1 aliphatic rings. The highest BCUT2D eigenvalue weighted by Gasteiger charge is 2.21. The largest absolute Gasteiger partial charge is 0.341 e. The Hall–Kier alpha value is -0.840. The van der Waals surface area contributed by atoms with Gasteiger partial charge in [-0.05, 0) is 44.8 Å². The lowest BCUT2D eigenvalue weighted by Gasteiger charge is -2.31. The standard InChI is InChI=1S/C11H20N4S/c1-8(2)15-10(12-13-11(15)16)14-6-4-9(3)5-7-14/h8-9H,4-7H2,1-3H3,(H,13,16). The van der Waals surface area contributed by atoms with Crippen LogP contribution < -0.4 is 4.90 Å². The normalized spacial score (nSPS) is 18.4. The Morgan fingerprint density at radius 2 is 2.00 bits per heavy atom. The van der Waals surface area contributed by atoms with Crippen molar-refractivity contribution in [3.63, 3.8) is 0 Å². The number of hydrogen-bond donors (Lipinski definition) is 1.